The van der Waals surface area contributed by atoms with Gasteiger partial charge in [-0.3, -0.25) is 4.57 Å². The molecule has 5 nitrogen and oxygen atoms in total. The van der Waals surface area contributed by atoms with Gasteiger partial charge in [-0.05, 0) is 88.0 Å². The molecule has 0 unspecified atom stereocenters. The van der Waals surface area contributed by atoms with E-state index in [-0.39, 0.29) is 5.41 Å². The molecule has 5 heteroatoms. The average molecular weight is 756 g/mol. The maximum atomic E-state index is 5.13. The minimum atomic E-state index is -0.0968. The third-order valence-corrected chi connectivity index (χ3v) is 12.4. The van der Waals surface area contributed by atoms with Crippen molar-refractivity contribution in [1.82, 2.24) is 24.1 Å². The fourth-order valence-electron chi connectivity index (χ4n) is 9.51. The molecule has 0 amide bonds. The Hall–Kier alpha value is -7.63. The second kappa shape index (κ2) is 12.7. The van der Waals surface area contributed by atoms with E-state index in [9.17, 15) is 0 Å². The molecule has 12 rings (SSSR count). The van der Waals surface area contributed by atoms with Crippen molar-refractivity contribution >= 4 is 43.6 Å². The predicted molar refractivity (Wildman–Crippen MR) is 242 cm³/mol. The normalized spacial score (nSPS) is 13.1. The largest absolute Gasteiger partial charge is 0.309 e. The third kappa shape index (κ3) is 5.08. The molecular weight excluding hydrogens is 719 g/mol. The van der Waals surface area contributed by atoms with Crippen molar-refractivity contribution in [2.45, 2.75) is 19.3 Å². The Morgan fingerprint density at radius 3 is 1.56 bits per heavy atom. The molecule has 0 saturated carbocycles. The molecule has 0 saturated heterocycles. The molecule has 3 heterocycles. The zero-order chi connectivity index (χ0) is 39.2. The van der Waals surface area contributed by atoms with Crippen LogP contribution in [0.5, 0.6) is 0 Å². The van der Waals surface area contributed by atoms with Crippen molar-refractivity contribution in [3.63, 3.8) is 0 Å². The first-order valence-corrected chi connectivity index (χ1v) is 20.2. The Kier molecular flexibility index (Phi) is 7.20. The van der Waals surface area contributed by atoms with Crippen molar-refractivity contribution in [3.05, 3.63) is 199 Å². The lowest BCUT2D eigenvalue weighted by Crippen LogP contribution is -2.14. The molecule has 0 fully saturated rings. The Bertz CT molecular complexity index is 3390. The lowest BCUT2D eigenvalue weighted by Gasteiger charge is -2.21. The summed E-state index contributed by atoms with van der Waals surface area (Å²) in [4.78, 5) is 15.2. The second-order valence-electron chi connectivity index (χ2n) is 16.1. The van der Waals surface area contributed by atoms with Crippen LogP contribution >= 0.6 is 0 Å². The highest BCUT2D eigenvalue weighted by molar-refractivity contribution is 6.14. The molecule has 1 aliphatic carbocycles. The van der Waals surface area contributed by atoms with Crippen LogP contribution in [0.2, 0.25) is 0 Å². The number of rotatable bonds is 5. The first kappa shape index (κ1) is 33.5. The quantitative estimate of drug-likeness (QED) is 0.176. The number of hydrogen-bond donors (Lipinski definition) is 0. The highest BCUT2D eigenvalue weighted by Gasteiger charge is 2.36. The second-order valence-corrected chi connectivity index (χ2v) is 16.1. The number of benzene rings is 8. The zero-order valence-electron chi connectivity index (χ0n) is 32.6. The Labute approximate surface area is 341 Å². The summed E-state index contributed by atoms with van der Waals surface area (Å²) in [5, 5.41) is 4.79. The van der Waals surface area contributed by atoms with Gasteiger partial charge in [0.25, 0.3) is 0 Å². The van der Waals surface area contributed by atoms with Gasteiger partial charge in [0.05, 0.1) is 22.1 Å². The Balaban J connectivity index is 1.06. The van der Waals surface area contributed by atoms with Gasteiger partial charge in [0.1, 0.15) is 0 Å². The molecule has 0 radical (unpaired) electrons. The number of nitrogens with zero attached hydrogens (tertiary/aromatic N) is 5. The van der Waals surface area contributed by atoms with E-state index in [1.165, 1.54) is 49.6 Å². The van der Waals surface area contributed by atoms with Gasteiger partial charge in [-0.25, -0.2) is 4.98 Å². The fourth-order valence-corrected chi connectivity index (χ4v) is 9.51. The summed E-state index contributed by atoms with van der Waals surface area (Å²) in [5.74, 6) is 1.86. The van der Waals surface area contributed by atoms with Crippen LogP contribution in [0.15, 0.2) is 188 Å². The molecule has 59 heavy (non-hydrogen) atoms. The van der Waals surface area contributed by atoms with Crippen LogP contribution in [0.1, 0.15) is 25.0 Å². The number of fused-ring (bicyclic) bond motifs is 9. The van der Waals surface area contributed by atoms with Crippen LogP contribution in [-0.4, -0.2) is 24.1 Å². The molecule has 3 aromatic heterocycles. The van der Waals surface area contributed by atoms with Gasteiger partial charge in [-0.1, -0.05) is 147 Å². The lowest BCUT2D eigenvalue weighted by molar-refractivity contribution is 0.661. The summed E-state index contributed by atoms with van der Waals surface area (Å²) in [7, 11) is 0. The van der Waals surface area contributed by atoms with Crippen LogP contribution in [-0.2, 0) is 5.41 Å². The minimum Gasteiger partial charge on any atom is -0.309 e. The topological polar surface area (TPSA) is 48.5 Å². The van der Waals surface area contributed by atoms with Gasteiger partial charge in [0.2, 0.25) is 5.95 Å². The van der Waals surface area contributed by atoms with Crippen molar-refractivity contribution in [1.29, 1.82) is 0 Å². The molecule has 278 valence electrons. The van der Waals surface area contributed by atoms with Crippen LogP contribution in [0.4, 0.5) is 0 Å². The van der Waals surface area contributed by atoms with E-state index in [4.69, 9.17) is 15.0 Å². The molecule has 0 aliphatic heterocycles. The van der Waals surface area contributed by atoms with E-state index in [0.717, 1.165) is 44.2 Å². The van der Waals surface area contributed by atoms with Crippen molar-refractivity contribution < 1.29 is 0 Å². The van der Waals surface area contributed by atoms with Gasteiger partial charge < -0.3 is 4.57 Å². The monoisotopic (exact) mass is 755 g/mol. The van der Waals surface area contributed by atoms with Crippen LogP contribution in [0.3, 0.4) is 0 Å². The third-order valence-electron chi connectivity index (χ3n) is 12.4. The van der Waals surface area contributed by atoms with E-state index >= 15 is 0 Å². The molecule has 8 aromatic carbocycles. The lowest BCUT2D eigenvalue weighted by atomic mass is 9.82. The smallest absolute Gasteiger partial charge is 0.238 e. The SMILES string of the molecule is CC1(C)c2ccccc2-c2cc3c(cc21)c1cc(-c2ccc4c(c2)c2ccccc2n4-c2nc(-c4ccccc4)nc(-c4ccccc4)n2)ccc1n3-c1ccccc1. The minimum absolute atomic E-state index is 0.0968. The van der Waals surface area contributed by atoms with Crippen LogP contribution < -0.4 is 0 Å². The van der Waals surface area contributed by atoms with E-state index in [1.54, 1.807) is 0 Å². The molecule has 0 atom stereocenters. The number of aromatic nitrogens is 5. The van der Waals surface area contributed by atoms with E-state index < -0.39 is 0 Å². The van der Waals surface area contributed by atoms with E-state index in [1.807, 2.05) is 60.7 Å². The number of para-hydroxylation sites is 2. The van der Waals surface area contributed by atoms with Gasteiger partial charge in [0, 0.05) is 43.8 Å². The van der Waals surface area contributed by atoms with E-state index in [0.29, 0.717) is 17.6 Å². The molecule has 0 bridgehead atoms. The Morgan fingerprint density at radius 2 is 0.881 bits per heavy atom. The summed E-state index contributed by atoms with van der Waals surface area (Å²) in [6.07, 6.45) is 0. The summed E-state index contributed by atoms with van der Waals surface area (Å²) in [6.45, 7) is 4.72. The molecule has 0 N–H and O–H groups in total. The maximum Gasteiger partial charge on any atom is 0.238 e. The van der Waals surface area contributed by atoms with Gasteiger partial charge >= 0.3 is 0 Å². The van der Waals surface area contributed by atoms with Crippen molar-refractivity contribution in [2.24, 2.45) is 0 Å². The van der Waals surface area contributed by atoms with Gasteiger partial charge in [-0.2, -0.15) is 9.97 Å². The highest BCUT2D eigenvalue weighted by Crippen LogP contribution is 2.51. The van der Waals surface area contributed by atoms with Crippen LogP contribution in [0.25, 0.3) is 100 Å². The number of hydrogen-bond acceptors (Lipinski definition) is 3. The standard InChI is InChI=1S/C54H37N5/c1-54(2)45-24-14-12-22-39(45)41-33-50-44(32-46(41)54)43-31-37(26-28-48(43)58(50)38-20-10-5-11-21-38)36-27-29-49-42(30-36)40-23-13-15-25-47(40)59(49)53-56-51(34-16-6-3-7-17-34)55-52(57-53)35-18-8-4-9-19-35/h3-33H,1-2H3. The highest BCUT2D eigenvalue weighted by atomic mass is 15.2. The molecular formula is C54H37N5. The van der Waals surface area contributed by atoms with Gasteiger partial charge in [0.15, 0.2) is 11.6 Å². The molecule has 0 spiro atoms. The predicted octanol–water partition coefficient (Wildman–Crippen LogP) is 13.4. The van der Waals surface area contributed by atoms with Crippen molar-refractivity contribution in [3.8, 4) is 56.7 Å². The van der Waals surface area contributed by atoms with Crippen LogP contribution in [0, 0.1) is 0 Å². The summed E-state index contributed by atoms with van der Waals surface area (Å²) < 4.78 is 4.62. The first-order chi connectivity index (χ1) is 29.0. The van der Waals surface area contributed by atoms with Crippen molar-refractivity contribution in [2.75, 3.05) is 0 Å². The van der Waals surface area contributed by atoms with Gasteiger partial charge in [-0.15, -0.1) is 0 Å². The zero-order valence-corrected chi connectivity index (χ0v) is 32.6. The van der Waals surface area contributed by atoms with E-state index in [2.05, 4.69) is 150 Å². The summed E-state index contributed by atoms with van der Waals surface area (Å²) >= 11 is 0. The first-order valence-electron chi connectivity index (χ1n) is 20.2. The maximum absolute atomic E-state index is 5.13. The summed E-state index contributed by atoms with van der Waals surface area (Å²) in [6, 6.07) is 67.2. The summed E-state index contributed by atoms with van der Waals surface area (Å²) in [5.41, 5.74) is 15.2. The molecule has 1 aliphatic rings. The average Bonchev–Trinajstić information content (AvgIpc) is 3.88. The Morgan fingerprint density at radius 1 is 0.356 bits per heavy atom. The fraction of sp³-hybridized carbons (Fsp3) is 0.0556. The molecule has 11 aromatic rings.